The van der Waals surface area contributed by atoms with Crippen LogP contribution in [0.2, 0.25) is 0 Å². The summed E-state index contributed by atoms with van der Waals surface area (Å²) in [5.41, 5.74) is 14.5. The summed E-state index contributed by atoms with van der Waals surface area (Å²) in [4.78, 5) is 15.6. The zero-order chi connectivity index (χ0) is 33.1. The molecule has 4 nitrogen and oxygen atoms in total. The lowest BCUT2D eigenvalue weighted by atomic mass is 9.82. The van der Waals surface area contributed by atoms with E-state index in [1.54, 1.807) is 0 Å². The summed E-state index contributed by atoms with van der Waals surface area (Å²) in [6.45, 7) is 9.22. The Balaban J connectivity index is 1.20. The van der Waals surface area contributed by atoms with E-state index in [0.717, 1.165) is 38.6 Å². The topological polar surface area (TPSA) is 51.8 Å². The van der Waals surface area contributed by atoms with Crippen LogP contribution >= 0.6 is 0 Å². The second-order valence-corrected chi connectivity index (χ2v) is 14.4. The molecule has 2 aliphatic rings. The van der Waals surface area contributed by atoms with Crippen molar-refractivity contribution in [1.82, 2.24) is 15.0 Å². The summed E-state index contributed by atoms with van der Waals surface area (Å²) in [7, 11) is 0. The van der Waals surface area contributed by atoms with Gasteiger partial charge in [-0.05, 0) is 68.8 Å². The molecule has 2 heterocycles. The molecule has 6 aromatic carbocycles. The van der Waals surface area contributed by atoms with E-state index < -0.39 is 0 Å². The lowest BCUT2D eigenvalue weighted by Crippen LogP contribution is -2.15. The quantitative estimate of drug-likeness (QED) is 0.195. The lowest BCUT2D eigenvalue weighted by Gasteiger charge is -2.22. The van der Waals surface area contributed by atoms with Crippen LogP contribution in [0.3, 0.4) is 0 Å². The van der Waals surface area contributed by atoms with Crippen molar-refractivity contribution in [1.29, 1.82) is 0 Å². The SMILES string of the molecule is CC1(C)c2ccccc2-c2ccc(-c3nc(-c4ccc5c(c4)C(C)(C)c4ccccc4-5)nc(-c4cccc5c4oc4ccccc45)n3)cc21. The Kier molecular flexibility index (Phi) is 5.65. The van der Waals surface area contributed by atoms with E-state index >= 15 is 0 Å². The number of furan rings is 1. The van der Waals surface area contributed by atoms with Gasteiger partial charge in [-0.3, -0.25) is 0 Å². The molecule has 0 saturated heterocycles. The maximum atomic E-state index is 6.48. The molecule has 0 atom stereocenters. The smallest absolute Gasteiger partial charge is 0.167 e. The van der Waals surface area contributed by atoms with Crippen LogP contribution in [0.15, 0.2) is 132 Å². The Labute approximate surface area is 285 Å². The van der Waals surface area contributed by atoms with E-state index in [9.17, 15) is 0 Å². The molecule has 0 amide bonds. The van der Waals surface area contributed by atoms with E-state index in [0.29, 0.717) is 17.5 Å². The van der Waals surface area contributed by atoms with E-state index in [-0.39, 0.29) is 10.8 Å². The average molecular weight is 632 g/mol. The van der Waals surface area contributed by atoms with Crippen LogP contribution < -0.4 is 0 Å². The van der Waals surface area contributed by atoms with Crippen molar-refractivity contribution >= 4 is 21.9 Å². The molecule has 0 bridgehead atoms. The summed E-state index contributed by atoms with van der Waals surface area (Å²) >= 11 is 0. The molecule has 234 valence electrons. The van der Waals surface area contributed by atoms with E-state index in [1.165, 1.54) is 44.5 Å². The van der Waals surface area contributed by atoms with Crippen molar-refractivity contribution in [2.45, 2.75) is 38.5 Å². The Morgan fingerprint density at radius 3 is 1.49 bits per heavy atom. The van der Waals surface area contributed by atoms with Crippen molar-refractivity contribution in [2.24, 2.45) is 0 Å². The van der Waals surface area contributed by atoms with Gasteiger partial charge < -0.3 is 4.42 Å². The number of fused-ring (bicyclic) bond motifs is 9. The van der Waals surface area contributed by atoms with Crippen molar-refractivity contribution in [3.63, 3.8) is 0 Å². The van der Waals surface area contributed by atoms with Crippen LogP contribution in [-0.4, -0.2) is 15.0 Å². The van der Waals surface area contributed by atoms with E-state index in [1.807, 2.05) is 18.2 Å². The number of hydrogen-bond donors (Lipinski definition) is 0. The monoisotopic (exact) mass is 631 g/mol. The third-order valence-electron chi connectivity index (χ3n) is 11.0. The molecule has 0 fully saturated rings. The maximum absolute atomic E-state index is 6.48. The van der Waals surface area contributed by atoms with Crippen molar-refractivity contribution in [3.05, 3.63) is 150 Å². The highest BCUT2D eigenvalue weighted by atomic mass is 16.3. The fraction of sp³-hybridized carbons (Fsp3) is 0.133. The molecule has 4 heteroatoms. The van der Waals surface area contributed by atoms with Crippen LogP contribution in [0.4, 0.5) is 0 Å². The Morgan fingerprint density at radius 2 is 0.878 bits per heavy atom. The Morgan fingerprint density at radius 1 is 0.408 bits per heavy atom. The minimum absolute atomic E-state index is 0.138. The zero-order valence-electron chi connectivity index (χ0n) is 27.9. The van der Waals surface area contributed by atoms with Gasteiger partial charge >= 0.3 is 0 Å². The molecule has 49 heavy (non-hydrogen) atoms. The van der Waals surface area contributed by atoms with Gasteiger partial charge in [0.1, 0.15) is 11.2 Å². The highest BCUT2D eigenvalue weighted by Crippen LogP contribution is 2.51. The van der Waals surface area contributed by atoms with Crippen LogP contribution in [0.25, 0.3) is 78.4 Å². The molecule has 8 aromatic rings. The molecular weight excluding hydrogens is 599 g/mol. The molecule has 2 aromatic heterocycles. The molecule has 10 rings (SSSR count). The number of aromatic nitrogens is 3. The summed E-state index contributed by atoms with van der Waals surface area (Å²) in [5.74, 6) is 1.88. The van der Waals surface area contributed by atoms with Gasteiger partial charge in [-0.25, -0.2) is 15.0 Å². The first-order chi connectivity index (χ1) is 23.8. The minimum atomic E-state index is -0.138. The van der Waals surface area contributed by atoms with Crippen molar-refractivity contribution in [2.75, 3.05) is 0 Å². The van der Waals surface area contributed by atoms with Gasteiger partial charge in [-0.15, -0.1) is 0 Å². The fourth-order valence-corrected chi connectivity index (χ4v) is 8.36. The second kappa shape index (κ2) is 9.83. The molecule has 0 radical (unpaired) electrons. The van der Waals surface area contributed by atoms with Crippen molar-refractivity contribution < 1.29 is 4.42 Å². The number of para-hydroxylation sites is 2. The standard InChI is InChI=1S/C45H33N3O/c1-44(2)35-17-8-5-12-28(35)30-22-20-26(24-37(30)44)41-46-42(27-21-23-31-29-13-6-9-18-36(29)45(3,4)38(31)25-27)48-43(47-41)34-16-11-15-33-32-14-7-10-19-39(32)49-40(33)34/h5-25H,1-4H3. The zero-order valence-corrected chi connectivity index (χ0v) is 27.9. The predicted octanol–water partition coefficient (Wildman–Crippen LogP) is 11.4. The highest BCUT2D eigenvalue weighted by Gasteiger charge is 2.37. The molecule has 2 aliphatic carbocycles. The van der Waals surface area contributed by atoms with Gasteiger partial charge in [-0.1, -0.05) is 131 Å². The Bertz CT molecular complexity index is 2550. The number of rotatable bonds is 3. The van der Waals surface area contributed by atoms with Crippen molar-refractivity contribution in [3.8, 4) is 56.4 Å². The third kappa shape index (κ3) is 3.95. The Hall–Kier alpha value is -5.87. The van der Waals surface area contributed by atoms with Crippen LogP contribution in [0, 0.1) is 0 Å². The largest absolute Gasteiger partial charge is 0.455 e. The van der Waals surface area contributed by atoms with Gasteiger partial charge in [0.15, 0.2) is 17.5 Å². The molecule has 0 unspecified atom stereocenters. The van der Waals surface area contributed by atoms with Gasteiger partial charge in [0.2, 0.25) is 0 Å². The van der Waals surface area contributed by atoms with Gasteiger partial charge in [0.25, 0.3) is 0 Å². The molecule has 0 spiro atoms. The van der Waals surface area contributed by atoms with Crippen LogP contribution in [0.5, 0.6) is 0 Å². The highest BCUT2D eigenvalue weighted by molar-refractivity contribution is 6.09. The molecule has 0 saturated carbocycles. The predicted molar refractivity (Wildman–Crippen MR) is 199 cm³/mol. The normalized spacial score (nSPS) is 14.9. The van der Waals surface area contributed by atoms with Gasteiger partial charge in [0.05, 0.1) is 5.56 Å². The summed E-state index contributed by atoms with van der Waals surface area (Å²) in [5, 5.41) is 2.13. The first-order valence-electron chi connectivity index (χ1n) is 17.0. The summed E-state index contributed by atoms with van der Waals surface area (Å²) < 4.78 is 6.48. The van der Waals surface area contributed by atoms with E-state index in [2.05, 4.69) is 137 Å². The molecule has 0 aliphatic heterocycles. The van der Waals surface area contributed by atoms with Gasteiger partial charge in [-0.2, -0.15) is 0 Å². The minimum Gasteiger partial charge on any atom is -0.455 e. The van der Waals surface area contributed by atoms with E-state index in [4.69, 9.17) is 19.4 Å². The van der Waals surface area contributed by atoms with Crippen LogP contribution in [0.1, 0.15) is 49.9 Å². The first kappa shape index (κ1) is 28.2. The molecule has 0 N–H and O–H groups in total. The lowest BCUT2D eigenvalue weighted by molar-refractivity contribution is 0.660. The third-order valence-corrected chi connectivity index (χ3v) is 11.0. The summed E-state index contributed by atoms with van der Waals surface area (Å²) in [6.07, 6.45) is 0. The van der Waals surface area contributed by atoms with Gasteiger partial charge in [0, 0.05) is 32.7 Å². The van der Waals surface area contributed by atoms with Crippen LogP contribution in [-0.2, 0) is 10.8 Å². The summed E-state index contributed by atoms with van der Waals surface area (Å²) in [6, 6.07) is 45.2. The average Bonchev–Trinajstić information content (AvgIpc) is 3.71. The first-order valence-corrected chi connectivity index (χ1v) is 17.0. The fourth-order valence-electron chi connectivity index (χ4n) is 8.36. The number of hydrogen-bond acceptors (Lipinski definition) is 4. The number of nitrogens with zero attached hydrogens (tertiary/aromatic N) is 3. The molecular formula is C45H33N3O. The second-order valence-electron chi connectivity index (χ2n) is 14.4. The maximum Gasteiger partial charge on any atom is 0.167 e. The number of benzene rings is 6.